The van der Waals surface area contributed by atoms with Crippen LogP contribution in [-0.4, -0.2) is 21.9 Å². The first-order valence-corrected chi connectivity index (χ1v) is 9.26. The third-order valence-electron chi connectivity index (χ3n) is 4.38. The summed E-state index contributed by atoms with van der Waals surface area (Å²) >= 11 is 1.34. The lowest BCUT2D eigenvalue weighted by Gasteiger charge is -2.07. The van der Waals surface area contributed by atoms with Crippen molar-refractivity contribution in [2.75, 3.05) is 6.26 Å². The summed E-state index contributed by atoms with van der Waals surface area (Å²) in [7, 11) is 1.65. The largest absolute Gasteiger partial charge is 0.477 e. The van der Waals surface area contributed by atoms with Crippen molar-refractivity contribution in [3.8, 4) is 34.4 Å². The highest BCUT2D eigenvalue weighted by molar-refractivity contribution is 7.98. The predicted molar refractivity (Wildman–Crippen MR) is 104 cm³/mol. The number of hydrogen-bond donors (Lipinski definition) is 1. The van der Waals surface area contributed by atoms with Gasteiger partial charge in [0.25, 0.3) is 0 Å². The molecule has 0 unspecified atom stereocenters. The topological polar surface area (TPSA) is 89.8 Å². The second kappa shape index (κ2) is 7.41. The van der Waals surface area contributed by atoms with Crippen LogP contribution >= 0.6 is 11.8 Å². The van der Waals surface area contributed by atoms with Crippen LogP contribution in [0.5, 0.6) is 0 Å². The maximum Gasteiger partial charge on any atom is 0.353 e. The van der Waals surface area contributed by atoms with Crippen molar-refractivity contribution in [1.82, 2.24) is 4.57 Å². The number of carboxylic acid groups (broad SMARTS) is 1. The Morgan fingerprint density at radius 3 is 2.22 bits per heavy atom. The Labute approximate surface area is 161 Å². The van der Waals surface area contributed by atoms with E-state index in [1.165, 1.54) is 11.8 Å². The lowest BCUT2D eigenvalue weighted by molar-refractivity contribution is 0.0686. The number of rotatable bonds is 4. The maximum absolute atomic E-state index is 11.8. The van der Waals surface area contributed by atoms with Crippen LogP contribution in [0.3, 0.4) is 0 Å². The zero-order valence-corrected chi connectivity index (χ0v) is 15.5. The number of carbonyl (C=O) groups is 1. The third-order valence-corrected chi connectivity index (χ3v) is 5.25. The first-order chi connectivity index (χ1) is 13.0. The summed E-state index contributed by atoms with van der Waals surface area (Å²) < 4.78 is 1.54. The SMILES string of the molecule is CSc1c(C#N)c(-c2ccc(-c3ccccc3C#N)cc2)c(C(=O)O)n1C. The molecule has 6 heteroatoms. The first kappa shape index (κ1) is 18.3. The quantitative estimate of drug-likeness (QED) is 0.679. The van der Waals surface area contributed by atoms with Gasteiger partial charge in [0.05, 0.1) is 22.2 Å². The summed E-state index contributed by atoms with van der Waals surface area (Å²) in [6.45, 7) is 0. The lowest BCUT2D eigenvalue weighted by atomic mass is 9.96. The minimum atomic E-state index is -1.08. The van der Waals surface area contributed by atoms with Crippen LogP contribution < -0.4 is 0 Å². The highest BCUT2D eigenvalue weighted by Gasteiger charge is 2.26. The molecule has 2 aromatic carbocycles. The molecule has 3 aromatic rings. The Kier molecular flexibility index (Phi) is 5.03. The van der Waals surface area contributed by atoms with Crippen molar-refractivity contribution in [2.45, 2.75) is 5.03 Å². The molecule has 0 aliphatic carbocycles. The van der Waals surface area contributed by atoms with Gasteiger partial charge in [0, 0.05) is 12.6 Å². The summed E-state index contributed by atoms with van der Waals surface area (Å²) in [5, 5.41) is 29.2. The van der Waals surface area contributed by atoms with Gasteiger partial charge in [0.15, 0.2) is 0 Å². The molecule has 132 valence electrons. The molecule has 1 aromatic heterocycles. The van der Waals surface area contributed by atoms with Crippen LogP contribution in [0.2, 0.25) is 0 Å². The molecule has 5 nitrogen and oxygen atoms in total. The first-order valence-electron chi connectivity index (χ1n) is 8.03. The number of hydrogen-bond acceptors (Lipinski definition) is 4. The molecule has 3 rings (SSSR count). The molecule has 0 fully saturated rings. The number of benzene rings is 2. The van der Waals surface area contributed by atoms with E-state index in [9.17, 15) is 20.4 Å². The van der Waals surface area contributed by atoms with Gasteiger partial charge in [-0.3, -0.25) is 0 Å². The minimum Gasteiger partial charge on any atom is -0.477 e. The van der Waals surface area contributed by atoms with Gasteiger partial charge in [-0.2, -0.15) is 10.5 Å². The zero-order valence-electron chi connectivity index (χ0n) is 14.7. The van der Waals surface area contributed by atoms with Crippen LogP contribution in [-0.2, 0) is 7.05 Å². The van der Waals surface area contributed by atoms with E-state index in [1.807, 2.05) is 36.6 Å². The second-order valence-electron chi connectivity index (χ2n) is 5.82. The molecule has 0 radical (unpaired) electrons. The van der Waals surface area contributed by atoms with Gasteiger partial charge < -0.3 is 9.67 Å². The van der Waals surface area contributed by atoms with Gasteiger partial charge in [-0.15, -0.1) is 11.8 Å². The molecule has 1 heterocycles. The molecule has 0 bridgehead atoms. The Morgan fingerprint density at radius 1 is 1.04 bits per heavy atom. The van der Waals surface area contributed by atoms with Crippen molar-refractivity contribution in [3.05, 3.63) is 65.4 Å². The summed E-state index contributed by atoms with van der Waals surface area (Å²) in [4.78, 5) is 11.8. The van der Waals surface area contributed by atoms with Crippen molar-refractivity contribution in [3.63, 3.8) is 0 Å². The third kappa shape index (κ3) is 3.08. The molecule has 27 heavy (non-hydrogen) atoms. The van der Waals surface area contributed by atoms with E-state index in [4.69, 9.17) is 0 Å². The van der Waals surface area contributed by atoms with E-state index in [2.05, 4.69) is 12.1 Å². The van der Waals surface area contributed by atoms with Crippen LogP contribution in [0.15, 0.2) is 53.6 Å². The Bertz CT molecular complexity index is 1120. The Hall–Kier alpha value is -3.48. The van der Waals surface area contributed by atoms with Crippen molar-refractivity contribution >= 4 is 17.7 Å². The number of thioether (sulfide) groups is 1. The number of aromatic nitrogens is 1. The molecule has 1 N–H and O–H groups in total. The number of nitriles is 2. The smallest absolute Gasteiger partial charge is 0.353 e. The molecule has 0 aliphatic heterocycles. The fraction of sp³-hybridized carbons (Fsp3) is 0.0952. The highest BCUT2D eigenvalue weighted by Crippen LogP contribution is 2.37. The monoisotopic (exact) mass is 373 g/mol. The standard InChI is InChI=1S/C21H15N3O2S/c1-24-19(21(25)26)18(17(12-23)20(24)27-2)14-9-7-13(8-10-14)16-6-4-3-5-15(16)11-22/h3-10H,1-2H3,(H,25,26). The molecular formula is C21H15N3O2S. The van der Waals surface area contributed by atoms with Gasteiger partial charge in [-0.05, 0) is 29.0 Å². The average Bonchev–Trinajstić information content (AvgIpc) is 2.99. The molecule has 0 amide bonds. The van der Waals surface area contributed by atoms with E-state index >= 15 is 0 Å². The van der Waals surface area contributed by atoms with E-state index in [-0.39, 0.29) is 5.69 Å². The Morgan fingerprint density at radius 2 is 1.67 bits per heavy atom. The fourth-order valence-electron chi connectivity index (χ4n) is 3.19. The van der Waals surface area contributed by atoms with Crippen LogP contribution in [0, 0.1) is 22.7 Å². The van der Waals surface area contributed by atoms with E-state index in [1.54, 1.807) is 29.8 Å². The van der Waals surface area contributed by atoms with Crippen LogP contribution in [0.1, 0.15) is 21.6 Å². The summed E-state index contributed by atoms with van der Waals surface area (Å²) in [5.41, 5.74) is 3.73. The maximum atomic E-state index is 11.8. The lowest BCUT2D eigenvalue weighted by Crippen LogP contribution is -2.06. The number of carboxylic acids is 1. The summed E-state index contributed by atoms with van der Waals surface area (Å²) in [6.07, 6.45) is 1.81. The molecule has 0 atom stereocenters. The van der Waals surface area contributed by atoms with Gasteiger partial charge in [-0.25, -0.2) is 4.79 Å². The van der Waals surface area contributed by atoms with Gasteiger partial charge >= 0.3 is 5.97 Å². The predicted octanol–water partition coefficient (Wildman–Crippen LogP) is 4.52. The fourth-order valence-corrected chi connectivity index (χ4v) is 3.90. The summed E-state index contributed by atoms with van der Waals surface area (Å²) in [5.74, 6) is -1.08. The van der Waals surface area contributed by atoms with Crippen LogP contribution in [0.4, 0.5) is 0 Å². The molecule has 0 aliphatic rings. The molecule has 0 saturated heterocycles. The van der Waals surface area contributed by atoms with Gasteiger partial charge in [0.1, 0.15) is 11.8 Å². The molecule has 0 saturated carbocycles. The van der Waals surface area contributed by atoms with E-state index in [0.717, 1.165) is 11.1 Å². The number of aromatic carboxylic acids is 1. The molecular weight excluding hydrogens is 358 g/mol. The van der Waals surface area contributed by atoms with E-state index < -0.39 is 5.97 Å². The average molecular weight is 373 g/mol. The number of nitrogens with zero attached hydrogens (tertiary/aromatic N) is 3. The highest BCUT2D eigenvalue weighted by atomic mass is 32.2. The minimum absolute atomic E-state index is 0.0843. The normalized spacial score (nSPS) is 10.2. The zero-order chi connectivity index (χ0) is 19.6. The van der Waals surface area contributed by atoms with Gasteiger partial charge in [-0.1, -0.05) is 42.5 Å². The van der Waals surface area contributed by atoms with Gasteiger partial charge in [0.2, 0.25) is 0 Å². The molecule has 0 spiro atoms. The second-order valence-corrected chi connectivity index (χ2v) is 6.61. The van der Waals surface area contributed by atoms with Crippen molar-refractivity contribution in [1.29, 1.82) is 10.5 Å². The van der Waals surface area contributed by atoms with E-state index in [0.29, 0.717) is 27.3 Å². The summed E-state index contributed by atoms with van der Waals surface area (Å²) in [6, 6.07) is 18.9. The van der Waals surface area contributed by atoms with Crippen LogP contribution in [0.25, 0.3) is 22.3 Å². The van der Waals surface area contributed by atoms with Crippen molar-refractivity contribution < 1.29 is 9.90 Å². The van der Waals surface area contributed by atoms with Crippen molar-refractivity contribution in [2.24, 2.45) is 7.05 Å². The Balaban J connectivity index is 2.18.